The number of likely N-dealkylation sites (tertiary alicyclic amines) is 1. The van der Waals surface area contributed by atoms with E-state index in [1.807, 2.05) is 31.6 Å². The van der Waals surface area contributed by atoms with Crippen LogP contribution in [0.4, 0.5) is 10.5 Å². The Kier molecular flexibility index (Phi) is 4.73. The molecular formula is C15H24N4O3. The fraction of sp³-hybridized carbons (Fsp3) is 0.667. The summed E-state index contributed by atoms with van der Waals surface area (Å²) in [7, 11) is 0. The lowest BCUT2D eigenvalue weighted by Crippen LogP contribution is -2.42. The number of carbonyl (C=O) groups is 2. The first-order valence-electron chi connectivity index (χ1n) is 7.54. The summed E-state index contributed by atoms with van der Waals surface area (Å²) in [5, 5.41) is 7.00. The molecule has 0 radical (unpaired) electrons. The Labute approximate surface area is 130 Å². The highest BCUT2D eigenvalue weighted by atomic mass is 16.6. The van der Waals surface area contributed by atoms with Gasteiger partial charge in [-0.15, -0.1) is 0 Å². The quantitative estimate of drug-likeness (QED) is 0.910. The predicted molar refractivity (Wildman–Crippen MR) is 82.6 cm³/mol. The Morgan fingerprint density at radius 2 is 1.95 bits per heavy atom. The molecule has 1 N–H and O–H groups in total. The van der Waals surface area contributed by atoms with Crippen molar-refractivity contribution in [2.24, 2.45) is 0 Å². The standard InChI is InChI=1S/C15H24N4O3/c1-11(20)17-12-9-16-19(10-12)13-5-7-18(8-6-13)14(21)22-15(2,3)4/h9-10,13H,5-8H2,1-4H3,(H,17,20). The number of anilines is 1. The summed E-state index contributed by atoms with van der Waals surface area (Å²) in [6.45, 7) is 8.36. The average molecular weight is 308 g/mol. The highest BCUT2D eigenvalue weighted by Crippen LogP contribution is 2.24. The van der Waals surface area contributed by atoms with Crippen LogP contribution in [-0.4, -0.2) is 45.4 Å². The van der Waals surface area contributed by atoms with Crippen LogP contribution < -0.4 is 5.32 Å². The molecule has 0 atom stereocenters. The van der Waals surface area contributed by atoms with Gasteiger partial charge in [0.15, 0.2) is 0 Å². The number of nitrogens with zero attached hydrogens (tertiary/aromatic N) is 3. The molecule has 0 aromatic carbocycles. The van der Waals surface area contributed by atoms with E-state index in [1.165, 1.54) is 6.92 Å². The molecule has 2 rings (SSSR count). The Bertz CT molecular complexity index is 539. The van der Waals surface area contributed by atoms with Crippen molar-refractivity contribution in [3.8, 4) is 0 Å². The fourth-order valence-corrected chi connectivity index (χ4v) is 2.44. The van der Waals surface area contributed by atoms with E-state index in [0.717, 1.165) is 12.8 Å². The molecule has 0 saturated carbocycles. The lowest BCUT2D eigenvalue weighted by Gasteiger charge is -2.33. The van der Waals surface area contributed by atoms with E-state index in [2.05, 4.69) is 10.4 Å². The van der Waals surface area contributed by atoms with Gasteiger partial charge in [0.25, 0.3) is 0 Å². The summed E-state index contributed by atoms with van der Waals surface area (Å²) >= 11 is 0. The van der Waals surface area contributed by atoms with Gasteiger partial charge in [0.05, 0.1) is 17.9 Å². The van der Waals surface area contributed by atoms with Gasteiger partial charge in [0.2, 0.25) is 5.91 Å². The minimum absolute atomic E-state index is 0.112. The first kappa shape index (κ1) is 16.3. The maximum Gasteiger partial charge on any atom is 0.410 e. The predicted octanol–water partition coefficient (Wildman–Crippen LogP) is 2.41. The van der Waals surface area contributed by atoms with Crippen LogP contribution in [0.5, 0.6) is 0 Å². The Balaban J connectivity index is 1.88. The zero-order valence-corrected chi connectivity index (χ0v) is 13.6. The molecule has 1 aliphatic heterocycles. The molecule has 22 heavy (non-hydrogen) atoms. The third kappa shape index (κ3) is 4.47. The van der Waals surface area contributed by atoms with Crippen molar-refractivity contribution in [2.75, 3.05) is 18.4 Å². The van der Waals surface area contributed by atoms with Crippen molar-refractivity contribution in [3.05, 3.63) is 12.4 Å². The van der Waals surface area contributed by atoms with E-state index in [4.69, 9.17) is 4.74 Å². The molecule has 7 heteroatoms. The molecule has 1 aromatic rings. The van der Waals surface area contributed by atoms with Crippen LogP contribution in [0.3, 0.4) is 0 Å². The molecule has 7 nitrogen and oxygen atoms in total. The second-order valence-electron chi connectivity index (χ2n) is 6.59. The summed E-state index contributed by atoms with van der Waals surface area (Å²) in [6, 6.07) is 0.237. The van der Waals surface area contributed by atoms with Crippen LogP contribution in [-0.2, 0) is 9.53 Å². The van der Waals surface area contributed by atoms with Gasteiger partial charge in [0.1, 0.15) is 5.60 Å². The van der Waals surface area contributed by atoms with E-state index in [9.17, 15) is 9.59 Å². The Hall–Kier alpha value is -2.05. The lowest BCUT2D eigenvalue weighted by molar-refractivity contribution is -0.114. The maximum absolute atomic E-state index is 12.0. The third-order valence-electron chi connectivity index (χ3n) is 3.41. The summed E-state index contributed by atoms with van der Waals surface area (Å²) in [6.07, 6.45) is 4.85. The maximum atomic E-state index is 12.0. The molecule has 1 aromatic heterocycles. The molecule has 2 amide bonds. The number of carbonyl (C=O) groups excluding carboxylic acids is 2. The highest BCUT2D eigenvalue weighted by molar-refractivity contribution is 5.88. The summed E-state index contributed by atoms with van der Waals surface area (Å²) in [5.74, 6) is -0.112. The SMILES string of the molecule is CC(=O)Nc1cnn(C2CCN(C(=O)OC(C)(C)C)CC2)c1. The van der Waals surface area contributed by atoms with E-state index in [-0.39, 0.29) is 18.0 Å². The van der Waals surface area contributed by atoms with Crippen LogP contribution in [0, 0.1) is 0 Å². The Morgan fingerprint density at radius 3 is 2.50 bits per heavy atom. The highest BCUT2D eigenvalue weighted by Gasteiger charge is 2.27. The summed E-state index contributed by atoms with van der Waals surface area (Å²) < 4.78 is 7.24. The van der Waals surface area contributed by atoms with Crippen LogP contribution in [0.15, 0.2) is 12.4 Å². The van der Waals surface area contributed by atoms with Gasteiger partial charge < -0.3 is 15.0 Å². The number of rotatable bonds is 2. The van der Waals surface area contributed by atoms with Crippen molar-refractivity contribution in [1.29, 1.82) is 0 Å². The van der Waals surface area contributed by atoms with Crippen LogP contribution in [0.25, 0.3) is 0 Å². The second kappa shape index (κ2) is 6.37. The molecule has 1 fully saturated rings. The third-order valence-corrected chi connectivity index (χ3v) is 3.41. The molecule has 0 spiro atoms. The van der Waals surface area contributed by atoms with Gasteiger partial charge in [0, 0.05) is 26.2 Å². The van der Waals surface area contributed by atoms with Crippen LogP contribution in [0.2, 0.25) is 0 Å². The largest absolute Gasteiger partial charge is 0.444 e. The van der Waals surface area contributed by atoms with Crippen molar-refractivity contribution in [3.63, 3.8) is 0 Å². The lowest BCUT2D eigenvalue weighted by atomic mass is 10.1. The van der Waals surface area contributed by atoms with Crippen molar-refractivity contribution >= 4 is 17.7 Å². The van der Waals surface area contributed by atoms with E-state index >= 15 is 0 Å². The molecule has 1 saturated heterocycles. The molecule has 1 aliphatic rings. The molecule has 0 unspecified atom stereocenters. The summed E-state index contributed by atoms with van der Waals surface area (Å²) in [5.41, 5.74) is 0.227. The van der Waals surface area contributed by atoms with E-state index in [1.54, 1.807) is 11.1 Å². The monoisotopic (exact) mass is 308 g/mol. The topological polar surface area (TPSA) is 76.5 Å². The van der Waals surface area contributed by atoms with Crippen molar-refractivity contribution in [1.82, 2.24) is 14.7 Å². The van der Waals surface area contributed by atoms with Crippen LogP contribution >= 0.6 is 0 Å². The zero-order valence-electron chi connectivity index (χ0n) is 13.6. The van der Waals surface area contributed by atoms with Gasteiger partial charge in [-0.3, -0.25) is 9.48 Å². The van der Waals surface area contributed by atoms with Gasteiger partial charge >= 0.3 is 6.09 Å². The first-order chi connectivity index (χ1) is 10.2. The number of ether oxygens (including phenoxy) is 1. The number of nitrogens with one attached hydrogen (secondary N) is 1. The first-order valence-corrected chi connectivity index (χ1v) is 7.54. The van der Waals surface area contributed by atoms with Gasteiger partial charge in [-0.05, 0) is 33.6 Å². The zero-order chi connectivity index (χ0) is 16.3. The van der Waals surface area contributed by atoms with Crippen molar-refractivity contribution in [2.45, 2.75) is 52.2 Å². The smallest absolute Gasteiger partial charge is 0.410 e. The number of hydrogen-bond donors (Lipinski definition) is 1. The minimum Gasteiger partial charge on any atom is -0.444 e. The molecular weight excluding hydrogens is 284 g/mol. The number of amides is 2. The molecule has 0 aliphatic carbocycles. The average Bonchev–Trinajstić information content (AvgIpc) is 2.84. The molecule has 122 valence electrons. The Morgan fingerprint density at radius 1 is 1.32 bits per heavy atom. The van der Waals surface area contributed by atoms with E-state index < -0.39 is 5.60 Å². The number of piperidine rings is 1. The van der Waals surface area contributed by atoms with Gasteiger partial charge in [-0.1, -0.05) is 0 Å². The van der Waals surface area contributed by atoms with Gasteiger partial charge in [-0.2, -0.15) is 5.10 Å². The number of aromatic nitrogens is 2. The van der Waals surface area contributed by atoms with Gasteiger partial charge in [-0.25, -0.2) is 4.79 Å². The van der Waals surface area contributed by atoms with Crippen LogP contribution in [0.1, 0.15) is 46.6 Å². The van der Waals surface area contributed by atoms with E-state index in [0.29, 0.717) is 18.8 Å². The summed E-state index contributed by atoms with van der Waals surface area (Å²) in [4.78, 5) is 24.8. The number of hydrogen-bond acceptors (Lipinski definition) is 4. The molecule has 2 heterocycles. The van der Waals surface area contributed by atoms with Crippen molar-refractivity contribution < 1.29 is 14.3 Å². The molecule has 0 bridgehead atoms. The fourth-order valence-electron chi connectivity index (χ4n) is 2.44. The minimum atomic E-state index is -0.469. The second-order valence-corrected chi connectivity index (χ2v) is 6.59. The normalized spacial score (nSPS) is 16.5.